The van der Waals surface area contributed by atoms with Gasteiger partial charge in [-0.2, -0.15) is 0 Å². The molecular weight excluding hydrogens is 514 g/mol. The minimum absolute atomic E-state index is 0.0112. The van der Waals surface area contributed by atoms with Crippen LogP contribution in [0.4, 0.5) is 5.69 Å². The largest absolute Gasteiger partial charge is 0.348 e. The van der Waals surface area contributed by atoms with Gasteiger partial charge in [-0.15, -0.1) is 0 Å². The summed E-state index contributed by atoms with van der Waals surface area (Å²) in [5.41, 5.74) is 11.4. The van der Waals surface area contributed by atoms with Gasteiger partial charge in [-0.25, -0.2) is 0 Å². The van der Waals surface area contributed by atoms with Crippen LogP contribution in [-0.4, -0.2) is 53.7 Å². The van der Waals surface area contributed by atoms with Crippen LogP contribution >= 0.6 is 0 Å². The molecule has 8 heteroatoms. The molecule has 0 bridgehead atoms. The number of amides is 3. The number of anilines is 1. The molecule has 0 aliphatic carbocycles. The van der Waals surface area contributed by atoms with Gasteiger partial charge in [-0.05, 0) is 51.9 Å². The Balaban J connectivity index is 1.52. The molecular formula is C33H41N5O3. The Kier molecular flexibility index (Phi) is 9.57. The van der Waals surface area contributed by atoms with Crippen molar-refractivity contribution in [1.29, 1.82) is 0 Å². The lowest BCUT2D eigenvalue weighted by molar-refractivity contribution is -0.130. The third-order valence-electron chi connectivity index (χ3n) is 7.56. The molecule has 3 aromatic carbocycles. The van der Waals surface area contributed by atoms with E-state index in [1.165, 1.54) is 0 Å². The van der Waals surface area contributed by atoms with Gasteiger partial charge >= 0.3 is 0 Å². The van der Waals surface area contributed by atoms with Gasteiger partial charge in [-0.3, -0.25) is 19.3 Å². The van der Waals surface area contributed by atoms with Crippen molar-refractivity contribution in [3.05, 3.63) is 100 Å². The van der Waals surface area contributed by atoms with Crippen molar-refractivity contribution in [1.82, 2.24) is 15.1 Å². The molecule has 4 N–H and O–H groups in total. The Hall–Kier alpha value is -4.01. The maximum Gasteiger partial charge on any atom is 0.255 e. The van der Waals surface area contributed by atoms with Gasteiger partial charge in [0, 0.05) is 69.6 Å². The summed E-state index contributed by atoms with van der Waals surface area (Å²) in [7, 11) is 0. The lowest BCUT2D eigenvalue weighted by Gasteiger charge is -2.34. The van der Waals surface area contributed by atoms with Crippen molar-refractivity contribution in [3.8, 4) is 0 Å². The van der Waals surface area contributed by atoms with Crippen molar-refractivity contribution < 1.29 is 14.4 Å². The molecule has 8 nitrogen and oxygen atoms in total. The molecule has 0 atom stereocenters. The zero-order valence-electron chi connectivity index (χ0n) is 24.5. The Morgan fingerprint density at radius 1 is 0.805 bits per heavy atom. The number of piperazine rings is 1. The minimum atomic E-state index is -0.231. The zero-order valence-corrected chi connectivity index (χ0v) is 24.5. The predicted molar refractivity (Wildman–Crippen MR) is 163 cm³/mol. The van der Waals surface area contributed by atoms with E-state index in [-0.39, 0.29) is 23.1 Å². The number of hydrogen-bond acceptors (Lipinski definition) is 5. The van der Waals surface area contributed by atoms with E-state index in [4.69, 9.17) is 5.73 Å². The summed E-state index contributed by atoms with van der Waals surface area (Å²) in [5, 5.41) is 6.03. The maximum atomic E-state index is 13.3. The second-order valence-electron chi connectivity index (χ2n) is 11.6. The van der Waals surface area contributed by atoms with Crippen molar-refractivity contribution in [3.63, 3.8) is 0 Å². The fraction of sp³-hybridized carbons (Fsp3) is 0.364. The van der Waals surface area contributed by atoms with E-state index >= 15 is 0 Å². The first-order chi connectivity index (χ1) is 19.5. The van der Waals surface area contributed by atoms with Gasteiger partial charge in [-0.1, -0.05) is 63.2 Å². The van der Waals surface area contributed by atoms with Crippen LogP contribution in [0.15, 0.2) is 66.7 Å². The monoisotopic (exact) mass is 555 g/mol. The average Bonchev–Trinajstić information content (AvgIpc) is 2.97. The summed E-state index contributed by atoms with van der Waals surface area (Å²) in [6.45, 7) is 12.3. The predicted octanol–water partition coefficient (Wildman–Crippen LogP) is 4.29. The molecule has 216 valence electrons. The third-order valence-corrected chi connectivity index (χ3v) is 7.56. The number of nitrogens with one attached hydrogen (secondary N) is 2. The van der Waals surface area contributed by atoms with Gasteiger partial charge in [0.05, 0.1) is 0 Å². The van der Waals surface area contributed by atoms with E-state index in [1.807, 2.05) is 59.5 Å². The molecule has 1 fully saturated rings. The van der Waals surface area contributed by atoms with Crippen LogP contribution in [0.3, 0.4) is 0 Å². The maximum absolute atomic E-state index is 13.3. The first-order valence-electron chi connectivity index (χ1n) is 14.1. The van der Waals surface area contributed by atoms with E-state index in [9.17, 15) is 14.4 Å². The van der Waals surface area contributed by atoms with Crippen molar-refractivity contribution in [2.45, 2.75) is 52.7 Å². The molecule has 0 spiro atoms. The highest BCUT2D eigenvalue weighted by Gasteiger charge is 2.21. The molecule has 0 saturated carbocycles. The molecule has 4 rings (SSSR count). The summed E-state index contributed by atoms with van der Waals surface area (Å²) < 4.78 is 0. The van der Waals surface area contributed by atoms with Gasteiger partial charge in [0.2, 0.25) is 5.91 Å². The highest BCUT2D eigenvalue weighted by molar-refractivity contribution is 6.05. The van der Waals surface area contributed by atoms with E-state index in [2.05, 4.69) is 36.3 Å². The third kappa shape index (κ3) is 8.02. The van der Waals surface area contributed by atoms with Gasteiger partial charge in [0.25, 0.3) is 11.8 Å². The van der Waals surface area contributed by atoms with Gasteiger partial charge in [0.15, 0.2) is 0 Å². The van der Waals surface area contributed by atoms with E-state index in [0.29, 0.717) is 49.5 Å². The second-order valence-corrected chi connectivity index (χ2v) is 11.6. The molecule has 3 aromatic rings. The number of carbonyl (C=O) groups is 3. The quantitative estimate of drug-likeness (QED) is 0.384. The molecule has 0 unspecified atom stereocenters. The number of hydrogen-bond donors (Lipinski definition) is 3. The first-order valence-corrected chi connectivity index (χ1v) is 14.1. The fourth-order valence-corrected chi connectivity index (χ4v) is 4.83. The summed E-state index contributed by atoms with van der Waals surface area (Å²) >= 11 is 0. The van der Waals surface area contributed by atoms with Crippen LogP contribution < -0.4 is 16.4 Å². The molecule has 1 aliphatic heterocycles. The molecule has 1 aliphatic rings. The van der Waals surface area contributed by atoms with Gasteiger partial charge in [0.1, 0.15) is 0 Å². The molecule has 3 amide bonds. The molecule has 0 radical (unpaired) electrons. The van der Waals surface area contributed by atoms with Gasteiger partial charge < -0.3 is 21.3 Å². The van der Waals surface area contributed by atoms with Crippen LogP contribution in [0.5, 0.6) is 0 Å². The van der Waals surface area contributed by atoms with Crippen molar-refractivity contribution in [2.75, 3.05) is 31.5 Å². The number of nitrogens with two attached hydrogens (primary N) is 1. The smallest absolute Gasteiger partial charge is 0.255 e. The molecule has 0 aromatic heterocycles. The van der Waals surface area contributed by atoms with E-state index in [1.54, 1.807) is 19.1 Å². The zero-order chi connectivity index (χ0) is 29.6. The summed E-state index contributed by atoms with van der Waals surface area (Å²) in [6.07, 6.45) is 0. The van der Waals surface area contributed by atoms with Crippen LogP contribution in [0, 0.1) is 0 Å². The topological polar surface area (TPSA) is 108 Å². The summed E-state index contributed by atoms with van der Waals surface area (Å²) in [5.74, 6) is -0.369. The van der Waals surface area contributed by atoms with Crippen molar-refractivity contribution in [2.24, 2.45) is 5.73 Å². The number of nitrogens with zero attached hydrogens (tertiary/aromatic N) is 2. The van der Waals surface area contributed by atoms with Crippen LogP contribution in [0.1, 0.15) is 70.7 Å². The van der Waals surface area contributed by atoms with Crippen LogP contribution in [-0.2, 0) is 29.8 Å². The Labute approximate surface area is 242 Å². The highest BCUT2D eigenvalue weighted by Crippen LogP contribution is 2.24. The lowest BCUT2D eigenvalue weighted by atomic mass is 9.86. The van der Waals surface area contributed by atoms with E-state index < -0.39 is 0 Å². The standard InChI is InChI=1S/C33H41N5O3/c1-23(39)38-17-15-37(16-18-38)22-28-10-9-27(31(40)35-21-25-7-5-24(20-34)6-8-25)19-30(28)36-32(41)26-11-13-29(14-12-26)33(2,3)4/h5-14,19H,15-18,20-22,34H2,1-4H3,(H,35,40)(H,36,41). The minimum Gasteiger partial charge on any atom is -0.348 e. The highest BCUT2D eigenvalue weighted by atomic mass is 16.2. The Morgan fingerprint density at radius 2 is 1.41 bits per heavy atom. The van der Waals surface area contributed by atoms with Crippen LogP contribution in [0.2, 0.25) is 0 Å². The number of carbonyl (C=O) groups excluding carboxylic acids is 3. The number of rotatable bonds is 8. The average molecular weight is 556 g/mol. The Morgan fingerprint density at radius 3 is 2.00 bits per heavy atom. The molecule has 41 heavy (non-hydrogen) atoms. The van der Waals surface area contributed by atoms with Crippen molar-refractivity contribution >= 4 is 23.4 Å². The second kappa shape index (κ2) is 13.1. The molecule has 1 saturated heterocycles. The SMILES string of the molecule is CC(=O)N1CCN(Cc2ccc(C(=O)NCc3ccc(CN)cc3)cc2NC(=O)c2ccc(C(C)(C)C)cc2)CC1. The Bertz CT molecular complexity index is 1370. The first kappa shape index (κ1) is 30.0. The summed E-state index contributed by atoms with van der Waals surface area (Å²) in [4.78, 5) is 42.2. The summed E-state index contributed by atoms with van der Waals surface area (Å²) in [6, 6.07) is 20.9. The number of benzene rings is 3. The fourth-order valence-electron chi connectivity index (χ4n) is 4.83. The molecule has 1 heterocycles. The normalized spacial score (nSPS) is 14.0. The lowest BCUT2D eigenvalue weighted by Crippen LogP contribution is -2.47. The van der Waals surface area contributed by atoms with Crippen LogP contribution in [0.25, 0.3) is 0 Å². The van der Waals surface area contributed by atoms with E-state index in [0.717, 1.165) is 35.3 Å².